The predicted molar refractivity (Wildman–Crippen MR) is 170 cm³/mol. The van der Waals surface area contributed by atoms with Crippen LogP contribution in [0, 0.1) is 0 Å². The van der Waals surface area contributed by atoms with E-state index in [9.17, 15) is 9.59 Å². The fraction of sp³-hybridized carbons (Fsp3) is 0.941. The number of carbonyl (C=O) groups excluding carboxylic acids is 2. The largest absolute Gasteiger partial charge is 0.378 e. The third kappa shape index (κ3) is 22.4. The zero-order valence-electron chi connectivity index (χ0n) is 26.6. The summed E-state index contributed by atoms with van der Waals surface area (Å²) in [5, 5.41) is 0. The summed E-state index contributed by atoms with van der Waals surface area (Å²) in [6, 6.07) is -0.257. The van der Waals surface area contributed by atoms with E-state index in [2.05, 4.69) is 6.92 Å². The van der Waals surface area contributed by atoms with Crippen molar-refractivity contribution in [3.05, 3.63) is 0 Å². The number of unbranched alkanes of at least 4 members (excludes halogenated alkanes) is 22. The lowest BCUT2D eigenvalue weighted by atomic mass is 10.0. The van der Waals surface area contributed by atoms with E-state index in [0.717, 1.165) is 58.3 Å². The lowest BCUT2D eigenvalue weighted by molar-refractivity contribution is -0.135. The van der Waals surface area contributed by atoms with Crippen LogP contribution in [0.25, 0.3) is 0 Å². The maximum atomic E-state index is 12.1. The number of ether oxygens (including phenoxy) is 1. The molecule has 1 aliphatic heterocycles. The maximum Gasteiger partial charge on any atom is 0.314 e. The molecule has 0 saturated carbocycles. The normalized spacial score (nSPS) is 13.6. The third-order valence-corrected chi connectivity index (χ3v) is 8.53. The third-order valence-electron chi connectivity index (χ3n) is 8.53. The molecule has 0 aromatic carbocycles. The number of hydrogen-bond acceptors (Lipinski definition) is 3. The van der Waals surface area contributed by atoms with Gasteiger partial charge in [0.15, 0.2) is 0 Å². The van der Waals surface area contributed by atoms with Gasteiger partial charge in [0, 0.05) is 32.6 Å². The Labute approximate surface area is 248 Å². The fourth-order valence-corrected chi connectivity index (χ4v) is 5.79. The number of amides is 3. The predicted octanol–water partition coefficient (Wildman–Crippen LogP) is 9.00. The van der Waals surface area contributed by atoms with Crippen molar-refractivity contribution < 1.29 is 14.3 Å². The van der Waals surface area contributed by atoms with Crippen molar-refractivity contribution >= 4 is 11.9 Å². The molecule has 1 heterocycles. The van der Waals surface area contributed by atoms with Gasteiger partial charge in [-0.1, -0.05) is 142 Å². The smallest absolute Gasteiger partial charge is 0.314 e. The topological polar surface area (TPSA) is 75.9 Å². The Hall–Kier alpha value is -1.30. The second kappa shape index (κ2) is 27.8. The number of hydrogen-bond donors (Lipinski definition) is 1. The minimum absolute atomic E-state index is 0.257. The summed E-state index contributed by atoms with van der Waals surface area (Å²) in [5.74, 6) is 0.293. The van der Waals surface area contributed by atoms with Gasteiger partial charge in [0.2, 0.25) is 5.91 Å². The molecule has 0 bridgehead atoms. The van der Waals surface area contributed by atoms with Crippen LogP contribution < -0.4 is 5.73 Å². The first-order valence-electron chi connectivity index (χ1n) is 17.5. The monoisotopic (exact) mass is 566 g/mol. The van der Waals surface area contributed by atoms with Crippen molar-refractivity contribution in [1.82, 2.24) is 9.80 Å². The van der Waals surface area contributed by atoms with Crippen LogP contribution >= 0.6 is 0 Å². The molecular formula is C34H67N3O3. The van der Waals surface area contributed by atoms with E-state index in [1.54, 1.807) is 0 Å². The van der Waals surface area contributed by atoms with Gasteiger partial charge in [-0.2, -0.15) is 0 Å². The van der Waals surface area contributed by atoms with Crippen molar-refractivity contribution in [3.8, 4) is 0 Å². The number of nitrogens with two attached hydrogens (primary N) is 1. The maximum absolute atomic E-state index is 12.1. The summed E-state index contributed by atoms with van der Waals surface area (Å²) in [6.07, 6.45) is 31.8. The summed E-state index contributed by atoms with van der Waals surface area (Å²) in [4.78, 5) is 27.8. The van der Waals surface area contributed by atoms with Crippen LogP contribution in [0.5, 0.6) is 0 Å². The Kier molecular flexibility index (Phi) is 25.6. The van der Waals surface area contributed by atoms with Gasteiger partial charge in [-0.15, -0.1) is 0 Å². The zero-order valence-corrected chi connectivity index (χ0v) is 26.6. The van der Waals surface area contributed by atoms with Crippen LogP contribution in [0.4, 0.5) is 4.79 Å². The molecule has 0 unspecified atom stereocenters. The molecule has 6 nitrogen and oxygen atoms in total. The Morgan fingerprint density at radius 3 is 1.30 bits per heavy atom. The van der Waals surface area contributed by atoms with Crippen molar-refractivity contribution in [2.75, 3.05) is 39.4 Å². The average Bonchev–Trinajstić information content (AvgIpc) is 2.96. The van der Waals surface area contributed by atoms with Gasteiger partial charge in [0.1, 0.15) is 0 Å². The number of primary amides is 1. The fourth-order valence-electron chi connectivity index (χ4n) is 5.79. The number of urea groups is 1. The molecule has 1 saturated heterocycles. The summed E-state index contributed by atoms with van der Waals surface area (Å²) in [7, 11) is 0. The number of rotatable bonds is 28. The van der Waals surface area contributed by atoms with Gasteiger partial charge in [-0.3, -0.25) is 4.79 Å². The van der Waals surface area contributed by atoms with Crippen LogP contribution in [0.3, 0.4) is 0 Å². The molecule has 6 heteroatoms. The summed E-state index contributed by atoms with van der Waals surface area (Å²) in [5.41, 5.74) is 5.63. The summed E-state index contributed by atoms with van der Waals surface area (Å²) in [6.45, 7) is 6.78. The van der Waals surface area contributed by atoms with Gasteiger partial charge >= 0.3 is 6.03 Å². The highest BCUT2D eigenvalue weighted by Crippen LogP contribution is 2.15. The van der Waals surface area contributed by atoms with Crippen molar-refractivity contribution in [2.24, 2.45) is 5.73 Å². The van der Waals surface area contributed by atoms with Gasteiger partial charge in [-0.25, -0.2) is 4.79 Å². The van der Waals surface area contributed by atoms with Crippen molar-refractivity contribution in [3.63, 3.8) is 0 Å². The molecule has 0 aromatic heterocycles. The van der Waals surface area contributed by atoms with E-state index in [0.29, 0.717) is 25.5 Å². The first-order chi connectivity index (χ1) is 19.6. The van der Waals surface area contributed by atoms with Gasteiger partial charge < -0.3 is 20.3 Å². The molecule has 0 aliphatic carbocycles. The van der Waals surface area contributed by atoms with E-state index in [1.165, 1.54) is 122 Å². The molecule has 1 rings (SSSR count). The molecule has 0 aromatic rings. The molecule has 0 radical (unpaired) electrons. The quantitative estimate of drug-likeness (QED) is 0.0962. The molecule has 1 aliphatic rings. The van der Waals surface area contributed by atoms with E-state index >= 15 is 0 Å². The van der Waals surface area contributed by atoms with Crippen molar-refractivity contribution in [1.29, 1.82) is 0 Å². The first-order valence-corrected chi connectivity index (χ1v) is 17.5. The van der Waals surface area contributed by atoms with Crippen LogP contribution in [0.1, 0.15) is 167 Å². The van der Waals surface area contributed by atoms with Crippen LogP contribution in [0.2, 0.25) is 0 Å². The minimum Gasteiger partial charge on any atom is -0.378 e. The van der Waals surface area contributed by atoms with Gasteiger partial charge in [-0.05, 0) is 19.3 Å². The van der Waals surface area contributed by atoms with Gasteiger partial charge in [0.25, 0.3) is 0 Å². The Morgan fingerprint density at radius 2 is 0.925 bits per heavy atom. The molecule has 2 N–H and O–H groups in total. The molecule has 0 spiro atoms. The standard InChI is InChI=1S/C34H67N3O3/c1-2-3-4-5-6-7-8-9-10-11-12-13-15-18-21-24-27-37(34(35)39)28-25-22-19-16-14-17-20-23-26-33(38)36-29-31-40-32-30-36/h2-32H2,1H3,(H2,35,39). The molecule has 0 atom stereocenters. The van der Waals surface area contributed by atoms with Crippen LogP contribution in [-0.4, -0.2) is 61.1 Å². The highest BCUT2D eigenvalue weighted by Gasteiger charge is 2.15. The van der Waals surface area contributed by atoms with E-state index in [4.69, 9.17) is 10.5 Å². The molecule has 236 valence electrons. The van der Waals surface area contributed by atoms with Crippen LogP contribution in [-0.2, 0) is 9.53 Å². The lowest BCUT2D eigenvalue weighted by Gasteiger charge is -2.26. The zero-order chi connectivity index (χ0) is 28.9. The first kappa shape index (κ1) is 36.7. The highest BCUT2D eigenvalue weighted by atomic mass is 16.5. The minimum atomic E-state index is -0.257. The Morgan fingerprint density at radius 1 is 0.575 bits per heavy atom. The molecule has 40 heavy (non-hydrogen) atoms. The number of nitrogens with zero attached hydrogens (tertiary/aromatic N) is 2. The molecular weight excluding hydrogens is 498 g/mol. The number of morpholine rings is 1. The Balaban J connectivity index is 1.83. The average molecular weight is 566 g/mol. The van der Waals surface area contributed by atoms with E-state index < -0.39 is 0 Å². The second-order valence-corrected chi connectivity index (χ2v) is 12.2. The van der Waals surface area contributed by atoms with E-state index in [-0.39, 0.29) is 6.03 Å². The van der Waals surface area contributed by atoms with Crippen molar-refractivity contribution in [2.45, 2.75) is 167 Å². The lowest BCUT2D eigenvalue weighted by Crippen LogP contribution is -2.40. The SMILES string of the molecule is CCCCCCCCCCCCCCCCCCN(CCCCCCCCCCC(=O)N1CCOCC1)C(N)=O. The molecule has 1 fully saturated rings. The summed E-state index contributed by atoms with van der Waals surface area (Å²) < 4.78 is 5.31. The van der Waals surface area contributed by atoms with E-state index in [1.807, 2.05) is 9.80 Å². The molecule has 3 amide bonds. The summed E-state index contributed by atoms with van der Waals surface area (Å²) >= 11 is 0. The second-order valence-electron chi connectivity index (χ2n) is 12.2. The highest BCUT2D eigenvalue weighted by molar-refractivity contribution is 5.76. The van der Waals surface area contributed by atoms with Gasteiger partial charge in [0.05, 0.1) is 13.2 Å². The Bertz CT molecular complexity index is 581. The van der Waals surface area contributed by atoms with Crippen LogP contribution in [0.15, 0.2) is 0 Å². The number of carbonyl (C=O) groups is 2.